The molecule has 1 aromatic heterocycles. The van der Waals surface area contributed by atoms with Gasteiger partial charge in [-0.25, -0.2) is 4.99 Å². The molecule has 22 heavy (non-hydrogen) atoms. The van der Waals surface area contributed by atoms with Crippen LogP contribution in [0.5, 0.6) is 0 Å². The minimum atomic E-state index is 0.253. The molecule has 1 aromatic rings. The van der Waals surface area contributed by atoms with E-state index in [4.69, 9.17) is 0 Å². The molecule has 1 aliphatic rings. The van der Waals surface area contributed by atoms with Crippen molar-refractivity contribution < 1.29 is 0 Å². The molecule has 5 nitrogen and oxygen atoms in total. The number of allylic oxidation sites excluding steroid dienone is 2. The second-order valence-corrected chi connectivity index (χ2v) is 5.77. The van der Waals surface area contributed by atoms with Crippen molar-refractivity contribution in [3.63, 3.8) is 0 Å². The predicted molar refractivity (Wildman–Crippen MR) is 91.8 cm³/mol. The average Bonchev–Trinajstić information content (AvgIpc) is 2.48. The highest BCUT2D eigenvalue weighted by Gasteiger charge is 2.12. The third-order valence-corrected chi connectivity index (χ3v) is 3.19. The lowest BCUT2D eigenvalue weighted by atomic mass is 10.1. The van der Waals surface area contributed by atoms with Crippen LogP contribution in [0.4, 0.5) is 5.82 Å². The maximum absolute atomic E-state index is 4.58. The fourth-order valence-corrected chi connectivity index (χ4v) is 2.03. The molecular weight excluding hydrogens is 274 g/mol. The summed E-state index contributed by atoms with van der Waals surface area (Å²) in [7, 11) is 0. The third-order valence-electron chi connectivity index (χ3n) is 3.19. The number of aliphatic imine (C=N–C) groups is 2. The van der Waals surface area contributed by atoms with Crippen molar-refractivity contribution in [1.29, 1.82) is 0 Å². The van der Waals surface area contributed by atoms with Gasteiger partial charge in [-0.05, 0) is 50.5 Å². The van der Waals surface area contributed by atoms with E-state index in [1.807, 2.05) is 31.2 Å². The smallest absolute Gasteiger partial charge is 0.176 e. The summed E-state index contributed by atoms with van der Waals surface area (Å²) >= 11 is 0. The van der Waals surface area contributed by atoms with Crippen LogP contribution < -0.4 is 5.32 Å². The first-order valence-corrected chi connectivity index (χ1v) is 7.60. The lowest BCUT2D eigenvalue weighted by Gasteiger charge is -2.16. The summed E-state index contributed by atoms with van der Waals surface area (Å²) < 4.78 is 0. The highest BCUT2D eigenvalue weighted by molar-refractivity contribution is 6.17. The van der Waals surface area contributed by atoms with Gasteiger partial charge >= 0.3 is 0 Å². The zero-order valence-electron chi connectivity index (χ0n) is 13.8. The lowest BCUT2D eigenvalue weighted by molar-refractivity contribution is 0.835. The van der Waals surface area contributed by atoms with Crippen LogP contribution in [0.2, 0.25) is 0 Å². The molecule has 0 amide bonds. The lowest BCUT2D eigenvalue weighted by Crippen LogP contribution is -2.29. The Kier molecular flexibility index (Phi) is 5.20. The van der Waals surface area contributed by atoms with Crippen molar-refractivity contribution in [2.24, 2.45) is 9.98 Å². The highest BCUT2D eigenvalue weighted by atomic mass is 15.2. The molecule has 0 unspecified atom stereocenters. The molecule has 0 saturated carbocycles. The zero-order valence-corrected chi connectivity index (χ0v) is 13.8. The second-order valence-electron chi connectivity index (χ2n) is 5.77. The second kappa shape index (κ2) is 7.11. The number of rotatable bonds is 3. The highest BCUT2D eigenvalue weighted by Crippen LogP contribution is 2.17. The van der Waals surface area contributed by atoms with Gasteiger partial charge < -0.3 is 5.32 Å². The number of nitrogens with zero attached hydrogens (tertiary/aromatic N) is 4. The van der Waals surface area contributed by atoms with Gasteiger partial charge in [0.2, 0.25) is 0 Å². The van der Waals surface area contributed by atoms with Crippen LogP contribution in [-0.2, 0) is 0 Å². The molecule has 2 rings (SSSR count). The average molecular weight is 297 g/mol. The van der Waals surface area contributed by atoms with Crippen molar-refractivity contribution in [2.45, 2.75) is 46.6 Å². The van der Waals surface area contributed by atoms with E-state index in [0.717, 1.165) is 22.8 Å². The van der Waals surface area contributed by atoms with E-state index in [1.54, 1.807) is 6.20 Å². The van der Waals surface area contributed by atoms with E-state index in [1.165, 1.54) is 0 Å². The summed E-state index contributed by atoms with van der Waals surface area (Å²) in [6, 6.07) is 2.22. The molecule has 116 valence electrons. The van der Waals surface area contributed by atoms with E-state index in [2.05, 4.69) is 53.2 Å². The van der Waals surface area contributed by atoms with Gasteiger partial charge in [0, 0.05) is 6.04 Å². The quantitative estimate of drug-likeness (QED) is 0.928. The van der Waals surface area contributed by atoms with E-state index < -0.39 is 0 Å². The van der Waals surface area contributed by atoms with Crippen molar-refractivity contribution in [3.8, 4) is 0 Å². The van der Waals surface area contributed by atoms with Gasteiger partial charge in [-0.2, -0.15) is 5.10 Å². The van der Waals surface area contributed by atoms with Gasteiger partial charge in [0.05, 0.1) is 17.6 Å². The van der Waals surface area contributed by atoms with Gasteiger partial charge in [-0.3, -0.25) is 4.99 Å². The number of aromatic nitrogens is 2. The molecule has 0 aromatic carbocycles. The summed E-state index contributed by atoms with van der Waals surface area (Å²) in [5.74, 6) is 1.75. The van der Waals surface area contributed by atoms with Crippen LogP contribution in [-0.4, -0.2) is 27.8 Å². The zero-order chi connectivity index (χ0) is 16.1. The van der Waals surface area contributed by atoms with Crippen LogP contribution in [0.3, 0.4) is 0 Å². The summed E-state index contributed by atoms with van der Waals surface area (Å²) in [5, 5.41) is 11.4. The van der Waals surface area contributed by atoms with Gasteiger partial charge in [-0.1, -0.05) is 19.9 Å². The standard InChI is InChI=1S/C17H23N5/c1-6-14-15(19-12(4)5)7-8-16(20-14)21-17-9-13(11(2)3)10-18-22-17/h6-12H,1-5H3,(H,20,21,22)/b14-6+,19-15?. The molecule has 0 fully saturated rings. The van der Waals surface area contributed by atoms with Crippen LogP contribution >= 0.6 is 0 Å². The minimum absolute atomic E-state index is 0.253. The van der Waals surface area contributed by atoms with Crippen molar-refractivity contribution in [3.05, 3.63) is 41.8 Å². The summed E-state index contributed by atoms with van der Waals surface area (Å²) in [4.78, 5) is 9.11. The van der Waals surface area contributed by atoms with E-state index >= 15 is 0 Å². The molecule has 0 radical (unpaired) electrons. The Morgan fingerprint density at radius 2 is 1.95 bits per heavy atom. The van der Waals surface area contributed by atoms with Crippen LogP contribution in [0.1, 0.15) is 46.1 Å². The van der Waals surface area contributed by atoms with Crippen molar-refractivity contribution in [1.82, 2.24) is 15.5 Å². The van der Waals surface area contributed by atoms with Gasteiger partial charge in [0.15, 0.2) is 5.82 Å². The maximum Gasteiger partial charge on any atom is 0.176 e. The fraction of sp³-hybridized carbons (Fsp3) is 0.412. The fourth-order valence-electron chi connectivity index (χ4n) is 2.03. The van der Waals surface area contributed by atoms with Crippen LogP contribution in [0, 0.1) is 0 Å². The number of amidine groups is 1. The monoisotopic (exact) mass is 297 g/mol. The van der Waals surface area contributed by atoms with Crippen molar-refractivity contribution in [2.75, 3.05) is 0 Å². The van der Waals surface area contributed by atoms with Gasteiger partial charge in [0.1, 0.15) is 5.84 Å². The Hall–Kier alpha value is -2.30. The molecule has 0 spiro atoms. The van der Waals surface area contributed by atoms with E-state index in [0.29, 0.717) is 11.7 Å². The number of hydrogen-bond donors (Lipinski definition) is 1. The maximum atomic E-state index is 4.58. The number of hydrogen-bond acceptors (Lipinski definition) is 4. The molecular formula is C17H23N5. The van der Waals surface area contributed by atoms with Gasteiger partial charge in [0.25, 0.3) is 0 Å². The third kappa shape index (κ3) is 4.10. The normalized spacial score (nSPS) is 20.4. The predicted octanol–water partition coefficient (Wildman–Crippen LogP) is 3.54. The Balaban J connectivity index is 2.29. The molecule has 0 aliphatic carbocycles. The summed E-state index contributed by atoms with van der Waals surface area (Å²) in [6.45, 7) is 10.3. The van der Waals surface area contributed by atoms with E-state index in [-0.39, 0.29) is 6.04 Å². The van der Waals surface area contributed by atoms with E-state index in [9.17, 15) is 0 Å². The Labute approximate surface area is 132 Å². The molecule has 0 bridgehead atoms. The summed E-state index contributed by atoms with van der Waals surface area (Å²) in [6.07, 6.45) is 7.67. The van der Waals surface area contributed by atoms with Crippen LogP contribution in [0.25, 0.3) is 0 Å². The Morgan fingerprint density at radius 3 is 2.59 bits per heavy atom. The molecule has 0 saturated heterocycles. The van der Waals surface area contributed by atoms with Crippen LogP contribution in [0.15, 0.2) is 46.2 Å². The van der Waals surface area contributed by atoms with Gasteiger partial charge in [-0.15, -0.1) is 5.10 Å². The topological polar surface area (TPSA) is 62.5 Å². The minimum Gasteiger partial charge on any atom is -0.339 e. The molecule has 5 heteroatoms. The first kappa shape index (κ1) is 16.1. The number of nitrogens with one attached hydrogen (secondary N) is 1. The largest absolute Gasteiger partial charge is 0.339 e. The van der Waals surface area contributed by atoms with Crippen molar-refractivity contribution >= 4 is 17.4 Å². The molecule has 1 N–H and O–H groups in total. The first-order chi connectivity index (χ1) is 10.5. The Morgan fingerprint density at radius 1 is 1.18 bits per heavy atom. The molecule has 2 heterocycles. The first-order valence-electron chi connectivity index (χ1n) is 7.60. The molecule has 1 aliphatic heterocycles. The summed E-state index contributed by atoms with van der Waals surface area (Å²) in [5.41, 5.74) is 3.03. The molecule has 0 atom stereocenters. The SMILES string of the molecule is C/C=C1/NC(=Nc2cc(C(C)C)cnn2)C=CC1=NC(C)C. The Bertz CT molecular complexity index is 651.